The fraction of sp³-hybridized carbons (Fsp3) is 0.0714. The molecule has 0 bridgehead atoms. The summed E-state index contributed by atoms with van der Waals surface area (Å²) >= 11 is 0. The van der Waals surface area contributed by atoms with Gasteiger partial charge in [-0.15, -0.1) is 0 Å². The van der Waals surface area contributed by atoms with E-state index in [0.717, 1.165) is 12.3 Å². The molecule has 1 aromatic heterocycles. The number of rotatable bonds is 6. The fourth-order valence-electron chi connectivity index (χ4n) is 1.67. The van der Waals surface area contributed by atoms with Gasteiger partial charge in [0.1, 0.15) is 0 Å². The molecule has 0 fully saturated rings. The lowest BCUT2D eigenvalue weighted by molar-refractivity contribution is -0.385. The highest BCUT2D eigenvalue weighted by atomic mass is 16.6. The van der Waals surface area contributed by atoms with Gasteiger partial charge in [-0.1, -0.05) is 6.07 Å². The van der Waals surface area contributed by atoms with Crippen LogP contribution in [0.1, 0.15) is 16.1 Å². The molecule has 1 aromatic carbocycles. The van der Waals surface area contributed by atoms with Crippen LogP contribution in [0.3, 0.4) is 0 Å². The van der Waals surface area contributed by atoms with Crippen LogP contribution in [-0.4, -0.2) is 34.6 Å². The van der Waals surface area contributed by atoms with Crippen LogP contribution in [-0.2, 0) is 4.79 Å². The van der Waals surface area contributed by atoms with Gasteiger partial charge in [-0.2, -0.15) is 5.10 Å². The molecule has 10 heteroatoms. The highest BCUT2D eigenvalue weighted by Crippen LogP contribution is 2.27. The maximum absolute atomic E-state index is 11.5. The first kappa shape index (κ1) is 16.7. The van der Waals surface area contributed by atoms with Crippen LogP contribution in [0.25, 0.3) is 0 Å². The number of nitrogens with one attached hydrogen (secondary N) is 2. The molecular formula is C14H12N4O6. The second-order valence-corrected chi connectivity index (χ2v) is 4.43. The minimum Gasteiger partial charge on any atom is -0.502 e. The minimum absolute atomic E-state index is 0.0594. The van der Waals surface area contributed by atoms with Crippen molar-refractivity contribution in [2.75, 3.05) is 6.54 Å². The molecule has 0 saturated heterocycles. The predicted molar refractivity (Wildman–Crippen MR) is 81.5 cm³/mol. The fourth-order valence-corrected chi connectivity index (χ4v) is 1.67. The number of phenols is 1. The van der Waals surface area contributed by atoms with E-state index in [1.165, 1.54) is 30.5 Å². The van der Waals surface area contributed by atoms with E-state index in [1.807, 2.05) is 0 Å². The first-order valence-electron chi connectivity index (χ1n) is 6.59. The molecule has 0 atom stereocenters. The Morgan fingerprint density at radius 1 is 1.33 bits per heavy atom. The Morgan fingerprint density at radius 3 is 2.79 bits per heavy atom. The van der Waals surface area contributed by atoms with Crippen molar-refractivity contribution in [1.82, 2.24) is 10.7 Å². The zero-order valence-electron chi connectivity index (χ0n) is 12.1. The Hall–Kier alpha value is -3.69. The normalized spacial score (nSPS) is 10.5. The number of benzene rings is 1. The van der Waals surface area contributed by atoms with Gasteiger partial charge in [-0.05, 0) is 18.2 Å². The molecule has 2 rings (SSSR count). The summed E-state index contributed by atoms with van der Waals surface area (Å²) in [5.41, 5.74) is 1.70. The van der Waals surface area contributed by atoms with E-state index < -0.39 is 28.2 Å². The Balaban J connectivity index is 1.88. The number of aromatic hydroxyl groups is 1. The summed E-state index contributed by atoms with van der Waals surface area (Å²) in [4.78, 5) is 33.0. The maximum atomic E-state index is 11.5. The predicted octanol–water partition coefficient (Wildman–Crippen LogP) is 0.773. The van der Waals surface area contributed by atoms with Gasteiger partial charge in [0, 0.05) is 11.6 Å². The highest BCUT2D eigenvalue weighted by molar-refractivity contribution is 5.94. The van der Waals surface area contributed by atoms with Gasteiger partial charge in [0.25, 0.3) is 11.8 Å². The number of phenolic OH excluding ortho intramolecular Hbond substituents is 1. The Morgan fingerprint density at radius 2 is 2.12 bits per heavy atom. The van der Waals surface area contributed by atoms with Crippen LogP contribution >= 0.6 is 0 Å². The molecule has 0 aliphatic rings. The van der Waals surface area contributed by atoms with E-state index in [1.54, 1.807) is 0 Å². The molecule has 3 N–H and O–H groups in total. The molecular weight excluding hydrogens is 320 g/mol. The number of carbonyl (C=O) groups is 2. The van der Waals surface area contributed by atoms with Crippen molar-refractivity contribution in [2.45, 2.75) is 0 Å². The number of amides is 2. The Bertz CT molecular complexity index is 785. The summed E-state index contributed by atoms with van der Waals surface area (Å²) in [5, 5.41) is 26.3. The van der Waals surface area contributed by atoms with E-state index in [0.29, 0.717) is 0 Å². The summed E-state index contributed by atoms with van der Waals surface area (Å²) in [6, 6.07) is 6.86. The van der Waals surface area contributed by atoms with E-state index in [4.69, 9.17) is 4.42 Å². The van der Waals surface area contributed by atoms with Crippen LogP contribution in [0.5, 0.6) is 5.75 Å². The molecule has 2 amide bonds. The number of hydrogen-bond donors (Lipinski definition) is 3. The zero-order chi connectivity index (χ0) is 17.5. The van der Waals surface area contributed by atoms with E-state index >= 15 is 0 Å². The van der Waals surface area contributed by atoms with Crippen LogP contribution in [0.15, 0.2) is 46.1 Å². The molecule has 0 unspecified atom stereocenters. The van der Waals surface area contributed by atoms with E-state index in [9.17, 15) is 24.8 Å². The van der Waals surface area contributed by atoms with Gasteiger partial charge >= 0.3 is 5.69 Å². The van der Waals surface area contributed by atoms with Crippen LogP contribution in [0, 0.1) is 10.1 Å². The number of nitrogens with zero attached hydrogens (tertiary/aromatic N) is 2. The maximum Gasteiger partial charge on any atom is 0.311 e. The lowest BCUT2D eigenvalue weighted by Gasteiger charge is -2.02. The monoisotopic (exact) mass is 332 g/mol. The first-order chi connectivity index (χ1) is 11.5. The number of nitro benzene ring substituents is 1. The van der Waals surface area contributed by atoms with Gasteiger partial charge in [0.05, 0.1) is 23.9 Å². The molecule has 0 spiro atoms. The molecule has 2 aromatic rings. The zero-order valence-corrected chi connectivity index (χ0v) is 12.1. The SMILES string of the molecule is O=C(CNC(=O)c1ccco1)N/N=C/c1cccc([N+](=O)[O-])c1O. The Kier molecular flexibility index (Phi) is 5.24. The summed E-state index contributed by atoms with van der Waals surface area (Å²) in [7, 11) is 0. The Labute approximate surface area is 134 Å². The molecule has 124 valence electrons. The van der Waals surface area contributed by atoms with Crippen molar-refractivity contribution in [1.29, 1.82) is 0 Å². The van der Waals surface area contributed by atoms with Crippen molar-refractivity contribution < 1.29 is 24.0 Å². The number of hydrogen-bond acceptors (Lipinski definition) is 7. The quantitative estimate of drug-likeness (QED) is 0.404. The number of para-hydroxylation sites is 1. The number of nitro groups is 1. The van der Waals surface area contributed by atoms with Crippen molar-refractivity contribution in [3.63, 3.8) is 0 Å². The summed E-state index contributed by atoms with van der Waals surface area (Å²) in [6.07, 6.45) is 2.37. The van der Waals surface area contributed by atoms with Crippen molar-refractivity contribution in [2.24, 2.45) is 5.10 Å². The number of carbonyl (C=O) groups excluding carboxylic acids is 2. The summed E-state index contributed by atoms with van der Waals surface area (Å²) < 4.78 is 4.85. The average molecular weight is 332 g/mol. The molecule has 0 aliphatic heterocycles. The van der Waals surface area contributed by atoms with E-state index in [2.05, 4.69) is 15.8 Å². The van der Waals surface area contributed by atoms with Gasteiger partial charge in [0.15, 0.2) is 5.76 Å². The molecule has 0 radical (unpaired) electrons. The average Bonchev–Trinajstić information content (AvgIpc) is 3.08. The van der Waals surface area contributed by atoms with Gasteiger partial charge in [-0.25, -0.2) is 5.43 Å². The van der Waals surface area contributed by atoms with Crippen molar-refractivity contribution >= 4 is 23.7 Å². The third-order valence-corrected chi connectivity index (χ3v) is 2.79. The van der Waals surface area contributed by atoms with Crippen molar-refractivity contribution in [3.8, 4) is 5.75 Å². The van der Waals surface area contributed by atoms with Gasteiger partial charge in [-0.3, -0.25) is 19.7 Å². The van der Waals surface area contributed by atoms with Gasteiger partial charge < -0.3 is 14.8 Å². The second kappa shape index (κ2) is 7.54. The lowest BCUT2D eigenvalue weighted by atomic mass is 10.2. The van der Waals surface area contributed by atoms with Crippen molar-refractivity contribution in [3.05, 3.63) is 58.0 Å². The summed E-state index contributed by atoms with van der Waals surface area (Å²) in [6.45, 7) is -0.349. The molecule has 0 saturated carbocycles. The van der Waals surface area contributed by atoms with Crippen LogP contribution in [0.2, 0.25) is 0 Å². The number of furan rings is 1. The lowest BCUT2D eigenvalue weighted by Crippen LogP contribution is -2.34. The topological polar surface area (TPSA) is 147 Å². The molecule has 24 heavy (non-hydrogen) atoms. The van der Waals surface area contributed by atoms with Crippen LogP contribution in [0.4, 0.5) is 5.69 Å². The summed E-state index contributed by atoms with van der Waals surface area (Å²) in [5.74, 6) is -1.69. The smallest absolute Gasteiger partial charge is 0.311 e. The third kappa shape index (κ3) is 4.16. The second-order valence-electron chi connectivity index (χ2n) is 4.43. The van der Waals surface area contributed by atoms with Crippen LogP contribution < -0.4 is 10.7 Å². The van der Waals surface area contributed by atoms with E-state index in [-0.39, 0.29) is 17.9 Å². The molecule has 0 aliphatic carbocycles. The number of hydrazone groups is 1. The largest absolute Gasteiger partial charge is 0.502 e. The highest BCUT2D eigenvalue weighted by Gasteiger charge is 2.15. The minimum atomic E-state index is -0.741. The first-order valence-corrected chi connectivity index (χ1v) is 6.59. The molecule has 10 nitrogen and oxygen atoms in total. The molecule has 1 heterocycles. The van der Waals surface area contributed by atoms with Gasteiger partial charge in [0.2, 0.25) is 5.75 Å². The third-order valence-electron chi connectivity index (χ3n) is 2.79. The standard InChI is InChI=1S/C14H12N4O6/c19-12(8-15-14(21)11-5-2-6-24-11)17-16-7-9-3-1-4-10(13(9)20)18(22)23/h1-7,20H,8H2,(H,15,21)(H,17,19)/b16-7+.